The Morgan fingerprint density at radius 3 is 2.47 bits per heavy atom. The van der Waals surface area contributed by atoms with Crippen molar-refractivity contribution in [3.05, 3.63) is 12.2 Å². The predicted molar refractivity (Wildman–Crippen MR) is 59.3 cm³/mol. The van der Waals surface area contributed by atoms with Gasteiger partial charge in [0, 0.05) is 12.1 Å². The third-order valence-corrected chi connectivity index (χ3v) is 2.81. The van der Waals surface area contributed by atoms with Crippen LogP contribution in [0.2, 0.25) is 0 Å². The summed E-state index contributed by atoms with van der Waals surface area (Å²) in [5.74, 6) is 0.0603. The Kier molecular flexibility index (Phi) is 4.29. The normalized spacial score (nSPS) is 19.8. The van der Waals surface area contributed by atoms with Gasteiger partial charge in [-0.05, 0) is 13.0 Å². The van der Waals surface area contributed by atoms with Crippen molar-refractivity contribution < 1.29 is 9.53 Å². The molecule has 1 fully saturated rings. The second-order valence-electron chi connectivity index (χ2n) is 4.35. The minimum Gasteiger partial charge on any atom is -0.378 e. The van der Waals surface area contributed by atoms with E-state index in [4.69, 9.17) is 10.5 Å². The van der Waals surface area contributed by atoms with Crippen molar-refractivity contribution in [3.63, 3.8) is 0 Å². The molecule has 0 bridgehead atoms. The van der Waals surface area contributed by atoms with Gasteiger partial charge >= 0.3 is 0 Å². The van der Waals surface area contributed by atoms with Gasteiger partial charge in [-0.25, -0.2) is 0 Å². The van der Waals surface area contributed by atoms with Crippen LogP contribution in [0.1, 0.15) is 13.8 Å². The Labute approximate surface area is 91.1 Å². The number of rotatable bonds is 5. The smallest absolute Gasteiger partial charge is 0.241 e. The highest BCUT2D eigenvalue weighted by atomic mass is 16.5. The summed E-state index contributed by atoms with van der Waals surface area (Å²) in [5, 5.41) is 0. The van der Waals surface area contributed by atoms with Gasteiger partial charge in [0.25, 0.3) is 0 Å². The van der Waals surface area contributed by atoms with E-state index in [1.165, 1.54) is 6.08 Å². The maximum absolute atomic E-state index is 10.7. The molecule has 0 spiro atoms. The van der Waals surface area contributed by atoms with Gasteiger partial charge in [-0.3, -0.25) is 9.69 Å². The third-order valence-electron chi connectivity index (χ3n) is 2.81. The van der Waals surface area contributed by atoms with Crippen molar-refractivity contribution >= 4 is 5.91 Å². The Morgan fingerprint density at radius 1 is 1.53 bits per heavy atom. The zero-order valence-electron chi connectivity index (χ0n) is 9.64. The first kappa shape index (κ1) is 12.2. The highest BCUT2D eigenvalue weighted by Gasteiger charge is 2.28. The second kappa shape index (κ2) is 5.28. The highest BCUT2D eigenvalue weighted by Crippen LogP contribution is 2.17. The molecule has 86 valence electrons. The first-order chi connectivity index (χ1) is 7.02. The molecule has 1 unspecified atom stereocenters. The molecule has 1 atom stereocenters. The molecule has 0 saturated carbocycles. The fourth-order valence-electron chi connectivity index (χ4n) is 1.72. The average Bonchev–Trinajstić information content (AvgIpc) is 1.99. The first-order valence-corrected chi connectivity index (χ1v) is 5.29. The molecule has 2 N–H and O–H groups in total. The minimum absolute atomic E-state index is 0.242. The molecule has 4 nitrogen and oxygen atoms in total. The van der Waals surface area contributed by atoms with Crippen molar-refractivity contribution in [3.8, 4) is 0 Å². The minimum atomic E-state index is -0.390. The monoisotopic (exact) mass is 212 g/mol. The largest absolute Gasteiger partial charge is 0.378 e. The topological polar surface area (TPSA) is 55.6 Å². The molecule has 1 aliphatic rings. The standard InChI is InChI=1S/C11H20N2O2/c1-8(2)10(4-5-11(12)14)13(3)9-6-15-7-9/h4-5,8-10H,6-7H2,1-3H3,(H2,12,14). The SMILES string of the molecule is CC(C)C(C=CC(N)=O)N(C)C1COC1. The Balaban J connectivity index is 2.59. The van der Waals surface area contributed by atoms with E-state index < -0.39 is 0 Å². The molecule has 1 saturated heterocycles. The van der Waals surface area contributed by atoms with Gasteiger partial charge in [-0.2, -0.15) is 0 Å². The number of hydrogen-bond acceptors (Lipinski definition) is 3. The third kappa shape index (κ3) is 3.32. The number of nitrogens with zero attached hydrogens (tertiary/aromatic N) is 1. The number of primary amides is 1. The lowest BCUT2D eigenvalue weighted by Crippen LogP contribution is -2.52. The van der Waals surface area contributed by atoms with Crippen LogP contribution in [0.25, 0.3) is 0 Å². The molecule has 15 heavy (non-hydrogen) atoms. The Morgan fingerprint density at radius 2 is 2.13 bits per heavy atom. The van der Waals surface area contributed by atoms with E-state index >= 15 is 0 Å². The lowest BCUT2D eigenvalue weighted by atomic mass is 10.00. The molecule has 0 aromatic carbocycles. The van der Waals surface area contributed by atoms with Gasteiger partial charge in [0.2, 0.25) is 5.91 Å². The number of nitrogens with two attached hydrogens (primary N) is 1. The van der Waals surface area contributed by atoms with Gasteiger partial charge in [0.15, 0.2) is 0 Å². The Hall–Kier alpha value is -0.870. The zero-order chi connectivity index (χ0) is 11.4. The maximum atomic E-state index is 10.7. The lowest BCUT2D eigenvalue weighted by Gasteiger charge is -2.40. The van der Waals surface area contributed by atoms with E-state index in [9.17, 15) is 4.79 Å². The number of carbonyl (C=O) groups excluding carboxylic acids is 1. The van der Waals surface area contributed by atoms with Crippen LogP contribution in [-0.2, 0) is 9.53 Å². The van der Waals surface area contributed by atoms with Crippen LogP contribution in [0.15, 0.2) is 12.2 Å². The number of likely N-dealkylation sites (N-methyl/N-ethyl adjacent to an activating group) is 1. The number of carbonyl (C=O) groups is 1. The fraction of sp³-hybridized carbons (Fsp3) is 0.727. The summed E-state index contributed by atoms with van der Waals surface area (Å²) in [6, 6.07) is 0.710. The molecule has 0 radical (unpaired) electrons. The van der Waals surface area contributed by atoms with E-state index in [-0.39, 0.29) is 11.9 Å². The molecule has 0 aliphatic carbocycles. The molecule has 1 amide bonds. The van der Waals surface area contributed by atoms with Crippen LogP contribution in [0.3, 0.4) is 0 Å². The number of hydrogen-bond donors (Lipinski definition) is 1. The summed E-state index contributed by atoms with van der Waals surface area (Å²) in [4.78, 5) is 12.9. The molecular formula is C11H20N2O2. The van der Waals surface area contributed by atoms with E-state index in [1.54, 1.807) is 0 Å². The molecule has 1 heterocycles. The van der Waals surface area contributed by atoms with Crippen LogP contribution in [-0.4, -0.2) is 43.2 Å². The van der Waals surface area contributed by atoms with Crippen molar-refractivity contribution in [1.29, 1.82) is 0 Å². The summed E-state index contributed by atoms with van der Waals surface area (Å²) in [5.41, 5.74) is 5.09. The van der Waals surface area contributed by atoms with Gasteiger partial charge in [0.05, 0.1) is 19.3 Å². The summed E-state index contributed by atoms with van der Waals surface area (Å²) in [6.07, 6.45) is 3.33. The van der Waals surface area contributed by atoms with E-state index in [2.05, 4.69) is 25.8 Å². The van der Waals surface area contributed by atoms with Gasteiger partial charge in [-0.15, -0.1) is 0 Å². The predicted octanol–water partition coefficient (Wildman–Crippen LogP) is 0.383. The van der Waals surface area contributed by atoms with Crippen molar-refractivity contribution in [2.75, 3.05) is 20.3 Å². The van der Waals surface area contributed by atoms with Crippen LogP contribution >= 0.6 is 0 Å². The summed E-state index contributed by atoms with van der Waals surface area (Å²) < 4.78 is 5.15. The van der Waals surface area contributed by atoms with Gasteiger partial charge in [-0.1, -0.05) is 19.9 Å². The number of ether oxygens (including phenoxy) is 1. The first-order valence-electron chi connectivity index (χ1n) is 5.29. The van der Waals surface area contributed by atoms with Gasteiger partial charge < -0.3 is 10.5 Å². The van der Waals surface area contributed by atoms with Crippen LogP contribution < -0.4 is 5.73 Å². The molecule has 4 heteroatoms. The van der Waals surface area contributed by atoms with Crippen molar-refractivity contribution in [2.24, 2.45) is 11.7 Å². The second-order valence-corrected chi connectivity index (χ2v) is 4.35. The van der Waals surface area contributed by atoms with E-state index in [0.29, 0.717) is 12.0 Å². The Bertz CT molecular complexity index is 247. The maximum Gasteiger partial charge on any atom is 0.241 e. The molecule has 1 rings (SSSR count). The average molecular weight is 212 g/mol. The van der Waals surface area contributed by atoms with Gasteiger partial charge in [0.1, 0.15) is 0 Å². The lowest BCUT2D eigenvalue weighted by molar-refractivity contribution is -0.113. The summed E-state index contributed by atoms with van der Waals surface area (Å²) in [7, 11) is 2.06. The van der Waals surface area contributed by atoms with Crippen LogP contribution in [0, 0.1) is 5.92 Å². The molecule has 0 aromatic rings. The summed E-state index contributed by atoms with van der Waals surface area (Å²) in [6.45, 7) is 5.83. The highest BCUT2D eigenvalue weighted by molar-refractivity contribution is 5.85. The van der Waals surface area contributed by atoms with E-state index in [1.807, 2.05) is 6.08 Å². The quantitative estimate of drug-likeness (QED) is 0.670. The zero-order valence-corrected chi connectivity index (χ0v) is 9.64. The molecular weight excluding hydrogens is 192 g/mol. The molecule has 1 aliphatic heterocycles. The molecule has 0 aromatic heterocycles. The van der Waals surface area contributed by atoms with E-state index in [0.717, 1.165) is 13.2 Å². The van der Waals surface area contributed by atoms with Crippen LogP contribution in [0.4, 0.5) is 0 Å². The van der Waals surface area contributed by atoms with Crippen molar-refractivity contribution in [1.82, 2.24) is 4.90 Å². The van der Waals surface area contributed by atoms with Crippen LogP contribution in [0.5, 0.6) is 0 Å². The van der Waals surface area contributed by atoms with Crippen molar-refractivity contribution in [2.45, 2.75) is 25.9 Å². The summed E-state index contributed by atoms with van der Waals surface area (Å²) >= 11 is 0. The fourth-order valence-corrected chi connectivity index (χ4v) is 1.72. The number of amides is 1.